The van der Waals surface area contributed by atoms with E-state index in [0.29, 0.717) is 6.42 Å². The summed E-state index contributed by atoms with van der Waals surface area (Å²) in [6.07, 6.45) is 2.14. The number of benzene rings is 1. The second-order valence-electron chi connectivity index (χ2n) is 6.45. The molecular weight excluding hydrogens is 314 g/mol. The molecule has 0 fully saturated rings. The molecule has 1 aliphatic rings. The van der Waals surface area contributed by atoms with E-state index in [1.165, 1.54) is 0 Å². The number of carbonyl (C=O) groups excluding carboxylic acids is 1. The molecule has 0 aliphatic carbocycles. The van der Waals surface area contributed by atoms with Crippen molar-refractivity contribution in [2.24, 2.45) is 0 Å². The number of nitrogens with zero attached hydrogens (tertiary/aromatic N) is 3. The van der Waals surface area contributed by atoms with E-state index in [9.17, 15) is 4.79 Å². The number of amides is 1. The minimum atomic E-state index is -0.134. The smallest absolute Gasteiger partial charge is 0.229 e. The third-order valence-electron chi connectivity index (χ3n) is 4.84. The molecule has 2 aromatic heterocycles. The van der Waals surface area contributed by atoms with Crippen LogP contribution in [0.4, 0.5) is 0 Å². The van der Waals surface area contributed by atoms with Crippen molar-refractivity contribution >= 4 is 5.91 Å². The first-order valence-electron chi connectivity index (χ1n) is 8.29. The highest BCUT2D eigenvalue weighted by molar-refractivity contribution is 5.82. The molecule has 3 heterocycles. The van der Waals surface area contributed by atoms with Crippen molar-refractivity contribution in [2.45, 2.75) is 26.3 Å². The first-order valence-corrected chi connectivity index (χ1v) is 8.29. The molecule has 0 saturated heterocycles. The van der Waals surface area contributed by atoms with Crippen LogP contribution in [0.2, 0.25) is 0 Å². The molecule has 1 aromatic carbocycles. The maximum atomic E-state index is 12.4. The van der Waals surface area contributed by atoms with Gasteiger partial charge in [0.2, 0.25) is 5.91 Å². The lowest BCUT2D eigenvalue weighted by molar-refractivity contribution is -0.131. The van der Waals surface area contributed by atoms with Crippen LogP contribution in [0.25, 0.3) is 11.1 Å². The quantitative estimate of drug-likeness (QED) is 0.720. The van der Waals surface area contributed by atoms with E-state index in [1.54, 1.807) is 4.90 Å². The Labute approximate surface area is 146 Å². The predicted octanol–water partition coefficient (Wildman–Crippen LogP) is 3.46. The number of hydrogen-bond donors (Lipinski definition) is 0. The summed E-state index contributed by atoms with van der Waals surface area (Å²) in [7, 11) is 1.85. The Balaban J connectivity index is 1.90. The van der Waals surface area contributed by atoms with Crippen LogP contribution in [-0.4, -0.2) is 28.0 Å². The summed E-state index contributed by atoms with van der Waals surface area (Å²) in [4.78, 5) is 18.8. The highest BCUT2D eigenvalue weighted by Gasteiger charge is 2.32. The number of pyridine rings is 1. The van der Waals surface area contributed by atoms with Gasteiger partial charge in [0, 0.05) is 29.9 Å². The molecule has 0 N–H and O–H groups in total. The van der Waals surface area contributed by atoms with E-state index in [1.807, 2.05) is 57.4 Å². The Morgan fingerprint density at radius 3 is 2.64 bits per heavy atom. The van der Waals surface area contributed by atoms with Gasteiger partial charge in [0.15, 0.2) is 0 Å². The normalized spacial score (nSPS) is 16.8. The summed E-state index contributed by atoms with van der Waals surface area (Å²) in [5.74, 6) is 0.856. The zero-order valence-electron chi connectivity index (χ0n) is 14.5. The monoisotopic (exact) mass is 333 g/mol. The Morgan fingerprint density at radius 2 is 1.96 bits per heavy atom. The molecule has 0 spiro atoms. The maximum absolute atomic E-state index is 12.4. The minimum Gasteiger partial charge on any atom is -0.361 e. The van der Waals surface area contributed by atoms with Gasteiger partial charge in [-0.05, 0) is 25.5 Å². The number of rotatable bonds is 2. The zero-order valence-corrected chi connectivity index (χ0v) is 14.5. The van der Waals surface area contributed by atoms with E-state index < -0.39 is 0 Å². The summed E-state index contributed by atoms with van der Waals surface area (Å²) < 4.78 is 5.30. The van der Waals surface area contributed by atoms with Gasteiger partial charge in [-0.2, -0.15) is 0 Å². The summed E-state index contributed by atoms with van der Waals surface area (Å²) in [6, 6.07) is 12.0. The van der Waals surface area contributed by atoms with Gasteiger partial charge in [-0.25, -0.2) is 0 Å². The van der Waals surface area contributed by atoms with Gasteiger partial charge < -0.3 is 9.42 Å². The van der Waals surface area contributed by atoms with Crippen LogP contribution >= 0.6 is 0 Å². The van der Waals surface area contributed by atoms with Crippen molar-refractivity contribution in [2.75, 3.05) is 7.05 Å². The molecule has 3 aromatic rings. The number of carbonyl (C=O) groups is 1. The van der Waals surface area contributed by atoms with Crippen molar-refractivity contribution < 1.29 is 9.32 Å². The zero-order chi connectivity index (χ0) is 17.6. The molecule has 1 atom stereocenters. The Bertz CT molecular complexity index is 927. The molecule has 5 nitrogen and oxygen atoms in total. The molecule has 0 radical (unpaired) electrons. The molecule has 4 rings (SSSR count). The molecule has 25 heavy (non-hydrogen) atoms. The second-order valence-corrected chi connectivity index (χ2v) is 6.45. The third kappa shape index (κ3) is 2.52. The number of likely N-dealkylation sites (N-methyl/N-ethyl adjacent to an activating group) is 1. The van der Waals surface area contributed by atoms with Crippen molar-refractivity contribution in [1.82, 2.24) is 15.0 Å². The van der Waals surface area contributed by atoms with Crippen molar-refractivity contribution in [3.05, 3.63) is 70.9 Å². The van der Waals surface area contributed by atoms with Gasteiger partial charge in [-0.15, -0.1) is 0 Å². The molecular formula is C20H19N3O2. The van der Waals surface area contributed by atoms with Gasteiger partial charge in [0.25, 0.3) is 0 Å². The van der Waals surface area contributed by atoms with Crippen molar-refractivity contribution in [3.8, 4) is 11.1 Å². The lowest BCUT2D eigenvalue weighted by Crippen LogP contribution is -2.38. The lowest BCUT2D eigenvalue weighted by atomic mass is 9.89. The number of aromatic nitrogens is 2. The highest BCUT2D eigenvalue weighted by atomic mass is 16.5. The van der Waals surface area contributed by atoms with Gasteiger partial charge in [-0.1, -0.05) is 35.5 Å². The Kier molecular flexibility index (Phi) is 3.64. The first-order chi connectivity index (χ1) is 12.1. The van der Waals surface area contributed by atoms with Crippen LogP contribution in [0.3, 0.4) is 0 Å². The lowest BCUT2D eigenvalue weighted by Gasteiger charge is -2.34. The Hall–Kier alpha value is -2.95. The molecule has 5 heteroatoms. The maximum Gasteiger partial charge on any atom is 0.229 e. The van der Waals surface area contributed by atoms with Gasteiger partial charge >= 0.3 is 0 Å². The molecule has 1 amide bonds. The Morgan fingerprint density at radius 1 is 1.20 bits per heavy atom. The average molecular weight is 333 g/mol. The van der Waals surface area contributed by atoms with E-state index in [2.05, 4.69) is 16.2 Å². The summed E-state index contributed by atoms with van der Waals surface area (Å²) in [6.45, 7) is 3.83. The van der Waals surface area contributed by atoms with Crippen LogP contribution in [-0.2, 0) is 11.2 Å². The fraction of sp³-hybridized carbons (Fsp3) is 0.250. The first kappa shape index (κ1) is 15.6. The predicted molar refractivity (Wildman–Crippen MR) is 94.0 cm³/mol. The SMILES string of the molecule is Cc1noc(C)c1-c1cnc2c(c1)C(c1ccccc1)N(C)C(=O)C2. The van der Waals surface area contributed by atoms with Crippen LogP contribution in [0.5, 0.6) is 0 Å². The topological polar surface area (TPSA) is 59.2 Å². The number of hydrogen-bond acceptors (Lipinski definition) is 4. The second kappa shape index (κ2) is 5.84. The number of aryl methyl sites for hydroxylation is 2. The van der Waals surface area contributed by atoms with Crippen LogP contribution in [0, 0.1) is 13.8 Å². The molecule has 1 unspecified atom stereocenters. The number of fused-ring (bicyclic) bond motifs is 1. The highest BCUT2D eigenvalue weighted by Crippen LogP contribution is 2.37. The van der Waals surface area contributed by atoms with Crippen LogP contribution in [0.15, 0.2) is 47.1 Å². The largest absolute Gasteiger partial charge is 0.361 e. The summed E-state index contributed by atoms with van der Waals surface area (Å²) in [5, 5.41) is 4.04. The van der Waals surface area contributed by atoms with Crippen LogP contribution in [0.1, 0.15) is 34.3 Å². The molecule has 126 valence electrons. The van der Waals surface area contributed by atoms with Gasteiger partial charge in [-0.3, -0.25) is 9.78 Å². The van der Waals surface area contributed by atoms with E-state index in [-0.39, 0.29) is 11.9 Å². The molecule has 0 saturated carbocycles. The van der Waals surface area contributed by atoms with E-state index in [4.69, 9.17) is 4.52 Å². The molecule has 1 aliphatic heterocycles. The average Bonchev–Trinajstić information content (AvgIpc) is 2.95. The van der Waals surface area contributed by atoms with E-state index in [0.717, 1.165) is 39.4 Å². The van der Waals surface area contributed by atoms with Crippen molar-refractivity contribution in [1.29, 1.82) is 0 Å². The fourth-order valence-corrected chi connectivity index (χ4v) is 3.59. The van der Waals surface area contributed by atoms with Crippen LogP contribution < -0.4 is 0 Å². The fourth-order valence-electron chi connectivity index (χ4n) is 3.59. The third-order valence-corrected chi connectivity index (χ3v) is 4.84. The van der Waals surface area contributed by atoms with Gasteiger partial charge in [0.1, 0.15) is 5.76 Å². The molecule has 0 bridgehead atoms. The summed E-state index contributed by atoms with van der Waals surface area (Å²) >= 11 is 0. The standard InChI is InChI=1S/C20H19N3O2/c1-12-19(13(2)25-22-12)15-9-16-17(21-11-15)10-18(24)23(3)20(16)14-7-5-4-6-8-14/h4-9,11,20H,10H2,1-3H3. The van der Waals surface area contributed by atoms with Crippen molar-refractivity contribution in [3.63, 3.8) is 0 Å². The minimum absolute atomic E-state index is 0.0824. The summed E-state index contributed by atoms with van der Waals surface area (Å²) in [5.41, 5.74) is 5.77. The van der Waals surface area contributed by atoms with E-state index >= 15 is 0 Å². The van der Waals surface area contributed by atoms with Gasteiger partial charge in [0.05, 0.1) is 23.9 Å².